The topological polar surface area (TPSA) is 38.9 Å². The first-order valence-electron chi connectivity index (χ1n) is 21.6. The number of nitrogens with zero attached hydrogens (tertiary/aromatic N) is 2. The van der Waals surface area contributed by atoms with Crippen LogP contribution in [0.2, 0.25) is 0 Å². The molecule has 12 rings (SSSR count). The molecule has 0 spiro atoms. The molecule has 2 heterocycles. The van der Waals surface area contributed by atoms with Crippen LogP contribution in [-0.4, -0.2) is 9.97 Å². The van der Waals surface area contributed by atoms with Gasteiger partial charge < -0.3 is 4.42 Å². The summed E-state index contributed by atoms with van der Waals surface area (Å²) in [5, 5.41) is 2.23. The third-order valence-electron chi connectivity index (χ3n) is 13.0. The molecule has 63 heavy (non-hydrogen) atoms. The van der Waals surface area contributed by atoms with Crippen molar-refractivity contribution in [3.05, 3.63) is 241 Å². The van der Waals surface area contributed by atoms with Crippen molar-refractivity contribution in [2.24, 2.45) is 0 Å². The molecule has 0 N–H and O–H groups in total. The van der Waals surface area contributed by atoms with E-state index in [1.54, 1.807) is 0 Å². The molecule has 0 amide bonds. The second kappa shape index (κ2) is 14.8. The van der Waals surface area contributed by atoms with Gasteiger partial charge in [0.05, 0.1) is 11.4 Å². The van der Waals surface area contributed by atoms with E-state index in [1.807, 2.05) is 36.4 Å². The molecule has 1 aliphatic rings. The highest BCUT2D eigenvalue weighted by molar-refractivity contribution is 6.12. The average Bonchev–Trinajstić information content (AvgIpc) is 3.88. The fourth-order valence-electron chi connectivity index (χ4n) is 9.88. The Morgan fingerprint density at radius 2 is 0.921 bits per heavy atom. The standard InChI is InChI=1S/C60H40N2O/c1-60(46-25-9-4-10-26-46)51-30-15-28-47(39-17-5-2-6-18-39)57(51)49-34-33-42(37-52(49)60)41-21-13-23-44(35-41)53-38-54(62-59(61-53)40-19-7-3-8-20-40)45-24-14-22-43(36-45)48-29-16-32-56-58(48)50-27-11-12-31-55(50)63-56/h2-38H,1H3. The van der Waals surface area contributed by atoms with E-state index in [9.17, 15) is 0 Å². The summed E-state index contributed by atoms with van der Waals surface area (Å²) in [5.41, 5.74) is 19.7. The summed E-state index contributed by atoms with van der Waals surface area (Å²) in [6.45, 7) is 2.39. The van der Waals surface area contributed by atoms with Crippen molar-refractivity contribution in [3.63, 3.8) is 0 Å². The van der Waals surface area contributed by atoms with Crippen LogP contribution >= 0.6 is 0 Å². The van der Waals surface area contributed by atoms with E-state index in [4.69, 9.17) is 14.4 Å². The molecule has 1 unspecified atom stereocenters. The Morgan fingerprint density at radius 3 is 1.68 bits per heavy atom. The largest absolute Gasteiger partial charge is 0.456 e. The highest BCUT2D eigenvalue weighted by atomic mass is 16.3. The number of fused-ring (bicyclic) bond motifs is 6. The molecule has 0 saturated heterocycles. The monoisotopic (exact) mass is 804 g/mol. The SMILES string of the molecule is CC1(c2ccccc2)c2cc(-c3cccc(-c4cc(-c5cccc(-c6cccc7oc8ccccc8c67)c5)nc(-c5ccccc5)n4)c3)ccc2-c2c(-c3ccccc3)cccc21. The van der Waals surface area contributed by atoms with E-state index < -0.39 is 0 Å². The fraction of sp³-hybridized carbons (Fsp3) is 0.0333. The predicted octanol–water partition coefficient (Wildman–Crippen LogP) is 15.7. The zero-order valence-electron chi connectivity index (χ0n) is 34.7. The van der Waals surface area contributed by atoms with Gasteiger partial charge in [0.1, 0.15) is 11.2 Å². The molecule has 0 saturated carbocycles. The minimum absolute atomic E-state index is 0.346. The van der Waals surface area contributed by atoms with Crippen LogP contribution in [0.15, 0.2) is 229 Å². The number of hydrogen-bond acceptors (Lipinski definition) is 3. The maximum Gasteiger partial charge on any atom is 0.160 e. The predicted molar refractivity (Wildman–Crippen MR) is 259 cm³/mol. The van der Waals surface area contributed by atoms with Gasteiger partial charge in [0.15, 0.2) is 5.82 Å². The first-order valence-corrected chi connectivity index (χ1v) is 21.6. The minimum Gasteiger partial charge on any atom is -0.456 e. The quantitative estimate of drug-likeness (QED) is 0.161. The van der Waals surface area contributed by atoms with E-state index in [1.165, 1.54) is 38.9 Å². The molecule has 0 radical (unpaired) electrons. The number of furan rings is 1. The summed E-state index contributed by atoms with van der Waals surface area (Å²) in [6, 6.07) is 80.0. The highest BCUT2D eigenvalue weighted by Gasteiger charge is 2.42. The Labute approximate surface area is 366 Å². The summed E-state index contributed by atoms with van der Waals surface area (Å²) in [4.78, 5) is 10.5. The van der Waals surface area contributed by atoms with Crippen molar-refractivity contribution in [2.75, 3.05) is 0 Å². The zero-order valence-corrected chi connectivity index (χ0v) is 34.7. The first kappa shape index (κ1) is 36.7. The van der Waals surface area contributed by atoms with E-state index >= 15 is 0 Å². The molecule has 0 aliphatic heterocycles. The van der Waals surface area contributed by atoms with Gasteiger partial charge in [-0.05, 0) is 105 Å². The van der Waals surface area contributed by atoms with Crippen LogP contribution in [0.3, 0.4) is 0 Å². The van der Waals surface area contributed by atoms with Crippen LogP contribution in [-0.2, 0) is 5.41 Å². The molecular weight excluding hydrogens is 765 g/mol. The van der Waals surface area contributed by atoms with E-state index in [2.05, 4.69) is 195 Å². The summed E-state index contributed by atoms with van der Waals surface area (Å²) >= 11 is 0. The number of rotatable bonds is 7. The summed E-state index contributed by atoms with van der Waals surface area (Å²) in [5.74, 6) is 0.685. The van der Waals surface area contributed by atoms with Gasteiger partial charge >= 0.3 is 0 Å². The first-order chi connectivity index (χ1) is 31.1. The molecule has 0 fully saturated rings. The second-order valence-electron chi connectivity index (χ2n) is 16.6. The van der Waals surface area contributed by atoms with Crippen molar-refractivity contribution >= 4 is 21.9 Å². The lowest BCUT2D eigenvalue weighted by atomic mass is 9.73. The Kier molecular flexibility index (Phi) is 8.62. The third kappa shape index (κ3) is 6.12. The lowest BCUT2D eigenvalue weighted by Crippen LogP contribution is -2.22. The molecule has 296 valence electrons. The molecule has 1 aliphatic carbocycles. The summed E-state index contributed by atoms with van der Waals surface area (Å²) in [7, 11) is 0. The van der Waals surface area contributed by atoms with Crippen molar-refractivity contribution in [3.8, 4) is 78.4 Å². The van der Waals surface area contributed by atoms with Crippen LogP contribution < -0.4 is 0 Å². The maximum atomic E-state index is 6.27. The number of aromatic nitrogens is 2. The summed E-state index contributed by atoms with van der Waals surface area (Å²) < 4.78 is 6.27. The van der Waals surface area contributed by atoms with Crippen LogP contribution in [0, 0.1) is 0 Å². The average molecular weight is 805 g/mol. The van der Waals surface area contributed by atoms with E-state index in [-0.39, 0.29) is 5.41 Å². The molecule has 11 aromatic rings. The summed E-state index contributed by atoms with van der Waals surface area (Å²) in [6.07, 6.45) is 0. The normalized spacial score (nSPS) is 14.2. The number of benzene rings is 9. The zero-order chi connectivity index (χ0) is 41.9. The van der Waals surface area contributed by atoms with Gasteiger partial charge in [-0.15, -0.1) is 0 Å². The van der Waals surface area contributed by atoms with E-state index in [0.717, 1.165) is 72.3 Å². The van der Waals surface area contributed by atoms with E-state index in [0.29, 0.717) is 5.82 Å². The fourth-order valence-corrected chi connectivity index (χ4v) is 9.88. The lowest BCUT2D eigenvalue weighted by molar-refractivity contribution is 0.669. The van der Waals surface area contributed by atoms with Gasteiger partial charge in [-0.2, -0.15) is 0 Å². The molecule has 9 aromatic carbocycles. The lowest BCUT2D eigenvalue weighted by Gasteiger charge is -2.29. The van der Waals surface area contributed by atoms with Gasteiger partial charge in [0.25, 0.3) is 0 Å². The van der Waals surface area contributed by atoms with Gasteiger partial charge in [-0.1, -0.05) is 188 Å². The minimum atomic E-state index is -0.346. The van der Waals surface area contributed by atoms with Crippen molar-refractivity contribution in [1.29, 1.82) is 0 Å². The number of para-hydroxylation sites is 1. The Morgan fingerprint density at radius 1 is 0.365 bits per heavy atom. The van der Waals surface area contributed by atoms with Crippen molar-refractivity contribution < 1.29 is 4.42 Å². The molecule has 3 nitrogen and oxygen atoms in total. The molecule has 1 atom stereocenters. The van der Waals surface area contributed by atoms with Crippen LogP contribution in [0.4, 0.5) is 0 Å². The van der Waals surface area contributed by atoms with Gasteiger partial charge in [0, 0.05) is 32.9 Å². The van der Waals surface area contributed by atoms with Gasteiger partial charge in [-0.25, -0.2) is 9.97 Å². The Hall–Kier alpha value is -8.14. The van der Waals surface area contributed by atoms with Gasteiger partial charge in [0.2, 0.25) is 0 Å². The molecule has 2 aromatic heterocycles. The molecular formula is C60H40N2O. The number of hydrogen-bond donors (Lipinski definition) is 0. The third-order valence-corrected chi connectivity index (χ3v) is 13.0. The van der Waals surface area contributed by atoms with Crippen LogP contribution in [0.5, 0.6) is 0 Å². The van der Waals surface area contributed by atoms with Crippen LogP contribution in [0.25, 0.3) is 100 Å². The van der Waals surface area contributed by atoms with Crippen molar-refractivity contribution in [1.82, 2.24) is 9.97 Å². The van der Waals surface area contributed by atoms with Gasteiger partial charge in [-0.3, -0.25) is 0 Å². The molecule has 0 bridgehead atoms. The second-order valence-corrected chi connectivity index (χ2v) is 16.6. The smallest absolute Gasteiger partial charge is 0.160 e. The molecule has 3 heteroatoms. The Balaban J connectivity index is 0.983. The Bertz CT molecular complexity index is 3520. The highest BCUT2D eigenvalue weighted by Crippen LogP contribution is 2.56. The van der Waals surface area contributed by atoms with Crippen LogP contribution in [0.1, 0.15) is 23.6 Å². The maximum absolute atomic E-state index is 6.27. The van der Waals surface area contributed by atoms with Crippen molar-refractivity contribution in [2.45, 2.75) is 12.3 Å².